The first-order valence-electron chi connectivity index (χ1n) is 6.26. The Kier molecular flexibility index (Phi) is 2.68. The third-order valence-electron chi connectivity index (χ3n) is 3.65. The van der Waals surface area contributed by atoms with Crippen molar-refractivity contribution in [2.45, 2.75) is 20.3 Å². The van der Waals surface area contributed by atoms with Crippen LogP contribution in [0.5, 0.6) is 0 Å². The number of rotatable bonds is 2. The van der Waals surface area contributed by atoms with Crippen molar-refractivity contribution in [2.24, 2.45) is 5.73 Å². The lowest BCUT2D eigenvalue weighted by Crippen LogP contribution is -2.15. The first-order chi connectivity index (χ1) is 9.13. The van der Waals surface area contributed by atoms with Gasteiger partial charge in [-0.15, -0.1) is 0 Å². The summed E-state index contributed by atoms with van der Waals surface area (Å²) in [5.41, 5.74) is 9.26. The number of nitrogens with two attached hydrogens (primary N) is 1. The fourth-order valence-electron chi connectivity index (χ4n) is 2.70. The third kappa shape index (κ3) is 1.68. The first kappa shape index (κ1) is 12.0. The van der Waals surface area contributed by atoms with Gasteiger partial charge in [0.15, 0.2) is 0 Å². The van der Waals surface area contributed by atoms with Gasteiger partial charge in [0.1, 0.15) is 11.2 Å². The van der Waals surface area contributed by atoms with Gasteiger partial charge in [0.05, 0.1) is 6.26 Å². The van der Waals surface area contributed by atoms with Crippen LogP contribution in [0.2, 0.25) is 0 Å². The summed E-state index contributed by atoms with van der Waals surface area (Å²) in [4.78, 5) is 12.0. The molecule has 19 heavy (non-hydrogen) atoms. The second-order valence-electron chi connectivity index (χ2n) is 4.74. The molecular formula is C15H15NO3. The van der Waals surface area contributed by atoms with Gasteiger partial charge in [0.25, 0.3) is 0 Å². The van der Waals surface area contributed by atoms with Crippen molar-refractivity contribution in [3.63, 3.8) is 0 Å². The van der Waals surface area contributed by atoms with Gasteiger partial charge in [0.2, 0.25) is 0 Å². The van der Waals surface area contributed by atoms with E-state index in [4.69, 9.17) is 14.6 Å². The van der Waals surface area contributed by atoms with E-state index >= 15 is 0 Å². The number of hydrogen-bond donors (Lipinski definition) is 1. The minimum absolute atomic E-state index is 0.305. The molecule has 4 nitrogen and oxygen atoms in total. The third-order valence-corrected chi connectivity index (χ3v) is 3.65. The van der Waals surface area contributed by atoms with Crippen LogP contribution in [0, 0.1) is 13.8 Å². The maximum absolute atomic E-state index is 12.0. The van der Waals surface area contributed by atoms with E-state index in [1.165, 1.54) is 0 Å². The Morgan fingerprint density at radius 1 is 1.21 bits per heavy atom. The number of furan rings is 1. The van der Waals surface area contributed by atoms with Gasteiger partial charge < -0.3 is 14.6 Å². The minimum Gasteiger partial charge on any atom is -0.464 e. The molecule has 0 aliphatic heterocycles. The van der Waals surface area contributed by atoms with E-state index < -0.39 is 0 Å². The van der Waals surface area contributed by atoms with Crippen molar-refractivity contribution in [2.75, 3.05) is 6.54 Å². The monoisotopic (exact) mass is 257 g/mol. The van der Waals surface area contributed by atoms with Gasteiger partial charge in [-0.2, -0.15) is 0 Å². The molecular weight excluding hydrogens is 242 g/mol. The second-order valence-corrected chi connectivity index (χ2v) is 4.74. The van der Waals surface area contributed by atoms with Gasteiger partial charge in [-0.3, -0.25) is 0 Å². The molecule has 1 aromatic carbocycles. The molecule has 2 N–H and O–H groups in total. The van der Waals surface area contributed by atoms with E-state index in [0.29, 0.717) is 24.1 Å². The molecule has 0 aliphatic carbocycles. The molecule has 0 unspecified atom stereocenters. The second kappa shape index (κ2) is 4.24. The van der Waals surface area contributed by atoms with E-state index in [0.717, 1.165) is 27.5 Å². The van der Waals surface area contributed by atoms with Crippen molar-refractivity contribution < 1.29 is 8.83 Å². The number of aryl methyl sites for hydroxylation is 2. The predicted molar refractivity (Wildman–Crippen MR) is 74.5 cm³/mol. The van der Waals surface area contributed by atoms with Crippen molar-refractivity contribution in [1.82, 2.24) is 0 Å². The zero-order valence-corrected chi connectivity index (χ0v) is 10.9. The molecule has 0 spiro atoms. The van der Waals surface area contributed by atoms with E-state index in [1.807, 2.05) is 19.9 Å². The summed E-state index contributed by atoms with van der Waals surface area (Å²) in [5.74, 6) is 0. The summed E-state index contributed by atoms with van der Waals surface area (Å²) in [5, 5.41) is 2.03. The zero-order chi connectivity index (χ0) is 13.6. The number of hydrogen-bond acceptors (Lipinski definition) is 4. The molecule has 0 bridgehead atoms. The molecule has 3 aromatic rings. The molecule has 98 valence electrons. The largest absolute Gasteiger partial charge is 0.464 e. The van der Waals surface area contributed by atoms with Crippen molar-refractivity contribution in [3.8, 4) is 0 Å². The number of benzene rings is 1. The summed E-state index contributed by atoms with van der Waals surface area (Å²) >= 11 is 0. The van der Waals surface area contributed by atoms with Crippen molar-refractivity contribution >= 4 is 21.9 Å². The van der Waals surface area contributed by atoms with E-state index in [1.54, 1.807) is 12.3 Å². The van der Waals surface area contributed by atoms with Crippen molar-refractivity contribution in [3.05, 3.63) is 45.5 Å². The summed E-state index contributed by atoms with van der Waals surface area (Å²) in [6, 6.07) is 3.70. The molecule has 3 rings (SSSR count). The van der Waals surface area contributed by atoms with E-state index in [-0.39, 0.29) is 5.63 Å². The standard InChI is InChI=1S/C15H15NO3/c1-8-10-4-6-18-12(10)7-13-14(8)9(2)11(3-5-16)15(17)19-13/h4,6-7H,3,5,16H2,1-2H3. The van der Waals surface area contributed by atoms with Crippen LogP contribution in [-0.4, -0.2) is 6.54 Å². The Hall–Kier alpha value is -2.07. The Morgan fingerprint density at radius 3 is 2.74 bits per heavy atom. The SMILES string of the molecule is Cc1c(CCN)c(=O)oc2cc3occc3c(C)c12. The first-order valence-corrected chi connectivity index (χ1v) is 6.26. The number of fused-ring (bicyclic) bond motifs is 2. The lowest BCUT2D eigenvalue weighted by molar-refractivity contribution is 0.547. The fourth-order valence-corrected chi connectivity index (χ4v) is 2.70. The maximum Gasteiger partial charge on any atom is 0.339 e. The quantitative estimate of drug-likeness (QED) is 0.716. The highest BCUT2D eigenvalue weighted by Gasteiger charge is 2.15. The molecule has 0 saturated heterocycles. The van der Waals surface area contributed by atoms with Crippen LogP contribution in [-0.2, 0) is 6.42 Å². The van der Waals surface area contributed by atoms with Crippen LogP contribution in [0.4, 0.5) is 0 Å². The summed E-state index contributed by atoms with van der Waals surface area (Å²) < 4.78 is 10.8. The smallest absolute Gasteiger partial charge is 0.339 e. The molecule has 2 heterocycles. The van der Waals surface area contributed by atoms with Crippen LogP contribution >= 0.6 is 0 Å². The van der Waals surface area contributed by atoms with Gasteiger partial charge in [-0.25, -0.2) is 4.79 Å². The molecule has 0 atom stereocenters. The Balaban J connectivity index is 2.50. The predicted octanol–water partition coefficient (Wildman–Crippen LogP) is 2.66. The molecule has 0 amide bonds. The highest BCUT2D eigenvalue weighted by molar-refractivity contribution is 5.99. The Bertz CT molecular complexity index is 827. The van der Waals surface area contributed by atoms with E-state index in [2.05, 4.69) is 0 Å². The molecule has 0 radical (unpaired) electrons. The van der Waals surface area contributed by atoms with Crippen LogP contribution in [0.15, 0.2) is 32.0 Å². The Morgan fingerprint density at radius 2 is 2.00 bits per heavy atom. The average molecular weight is 257 g/mol. The summed E-state index contributed by atoms with van der Waals surface area (Å²) in [7, 11) is 0. The minimum atomic E-state index is -0.305. The molecule has 0 saturated carbocycles. The summed E-state index contributed by atoms with van der Waals surface area (Å²) in [6.45, 7) is 4.40. The van der Waals surface area contributed by atoms with Crippen molar-refractivity contribution in [1.29, 1.82) is 0 Å². The van der Waals surface area contributed by atoms with Crippen LogP contribution in [0.3, 0.4) is 0 Å². The molecule has 2 aromatic heterocycles. The Labute approximate surface area is 109 Å². The van der Waals surface area contributed by atoms with Gasteiger partial charge >= 0.3 is 5.63 Å². The lowest BCUT2D eigenvalue weighted by atomic mass is 9.98. The van der Waals surface area contributed by atoms with Gasteiger partial charge in [-0.05, 0) is 44.0 Å². The van der Waals surface area contributed by atoms with E-state index in [9.17, 15) is 4.79 Å². The highest BCUT2D eigenvalue weighted by atomic mass is 16.4. The van der Waals surface area contributed by atoms with Crippen LogP contribution < -0.4 is 11.4 Å². The lowest BCUT2D eigenvalue weighted by Gasteiger charge is -2.09. The molecule has 0 aliphatic rings. The van der Waals surface area contributed by atoms with Crippen LogP contribution in [0.25, 0.3) is 21.9 Å². The molecule has 0 fully saturated rings. The van der Waals surface area contributed by atoms with Gasteiger partial charge in [0, 0.05) is 22.4 Å². The maximum atomic E-state index is 12.0. The highest BCUT2D eigenvalue weighted by Crippen LogP contribution is 2.30. The van der Waals surface area contributed by atoms with Crippen LogP contribution in [0.1, 0.15) is 16.7 Å². The van der Waals surface area contributed by atoms with Gasteiger partial charge in [-0.1, -0.05) is 0 Å². The average Bonchev–Trinajstić information content (AvgIpc) is 2.82. The normalized spacial score (nSPS) is 11.5. The fraction of sp³-hybridized carbons (Fsp3) is 0.267. The molecule has 4 heteroatoms. The summed E-state index contributed by atoms with van der Waals surface area (Å²) in [6.07, 6.45) is 2.18. The topological polar surface area (TPSA) is 69.4 Å². The zero-order valence-electron chi connectivity index (χ0n) is 10.9.